The van der Waals surface area contributed by atoms with Crippen LogP contribution in [0.2, 0.25) is 0 Å². The molecule has 6 nitrogen and oxygen atoms in total. The molecule has 0 aliphatic rings. The van der Waals surface area contributed by atoms with Crippen LogP contribution in [0.25, 0.3) is 0 Å². The number of methoxy groups -OCH3 is 1. The molecule has 0 aromatic carbocycles. The molecule has 2 aromatic rings. The molecule has 2 aromatic heterocycles. The van der Waals surface area contributed by atoms with Crippen molar-refractivity contribution in [3.63, 3.8) is 0 Å². The fourth-order valence-corrected chi connectivity index (χ4v) is 1.85. The fraction of sp³-hybridized carbons (Fsp3) is 0.357. The Morgan fingerprint density at radius 1 is 1.20 bits per heavy atom. The van der Waals surface area contributed by atoms with Crippen LogP contribution in [0.3, 0.4) is 0 Å². The molecular formula is C14H19N5O. The number of ether oxygens (including phenoxy) is 1. The summed E-state index contributed by atoms with van der Waals surface area (Å²) in [5.41, 5.74) is 2.31. The van der Waals surface area contributed by atoms with Crippen molar-refractivity contribution in [1.82, 2.24) is 15.0 Å². The molecule has 0 saturated carbocycles. The smallest absolute Gasteiger partial charge is 0.204 e. The maximum Gasteiger partial charge on any atom is 0.204 e. The molecule has 106 valence electrons. The summed E-state index contributed by atoms with van der Waals surface area (Å²) in [4.78, 5) is 12.5. The monoisotopic (exact) mass is 273 g/mol. The summed E-state index contributed by atoms with van der Waals surface area (Å²) in [5, 5.41) is 6.41. The van der Waals surface area contributed by atoms with E-state index in [-0.39, 0.29) is 0 Å². The lowest BCUT2D eigenvalue weighted by Gasteiger charge is -2.14. The molecule has 2 N–H and O–H groups in total. The van der Waals surface area contributed by atoms with Gasteiger partial charge in [0.1, 0.15) is 6.33 Å². The van der Waals surface area contributed by atoms with Crippen LogP contribution in [0.5, 0.6) is 5.75 Å². The minimum atomic E-state index is 0.621. The quantitative estimate of drug-likeness (QED) is 0.841. The lowest BCUT2D eigenvalue weighted by atomic mass is 10.1. The summed E-state index contributed by atoms with van der Waals surface area (Å²) in [6.45, 7) is 5.47. The average molecular weight is 273 g/mol. The van der Waals surface area contributed by atoms with Gasteiger partial charge in [0, 0.05) is 25.5 Å². The molecule has 0 saturated heterocycles. The maximum absolute atomic E-state index is 5.38. The number of hydrogen-bond acceptors (Lipinski definition) is 6. The van der Waals surface area contributed by atoms with Crippen molar-refractivity contribution in [3.05, 3.63) is 35.9 Å². The summed E-state index contributed by atoms with van der Waals surface area (Å²) in [5.74, 6) is 1.98. The van der Waals surface area contributed by atoms with E-state index in [9.17, 15) is 0 Å². The Hall–Kier alpha value is -2.37. The molecular weight excluding hydrogens is 254 g/mol. The van der Waals surface area contributed by atoms with E-state index in [1.165, 1.54) is 11.9 Å². The molecule has 2 rings (SSSR count). The topological polar surface area (TPSA) is 72.0 Å². The summed E-state index contributed by atoms with van der Waals surface area (Å²) < 4.78 is 5.38. The summed E-state index contributed by atoms with van der Waals surface area (Å²) >= 11 is 0. The van der Waals surface area contributed by atoms with E-state index in [0.29, 0.717) is 23.9 Å². The Labute approximate surface area is 118 Å². The van der Waals surface area contributed by atoms with Crippen LogP contribution in [0.4, 0.5) is 11.6 Å². The summed E-state index contributed by atoms with van der Waals surface area (Å²) in [6, 6.07) is 1.98. The normalized spacial score (nSPS) is 10.2. The SMILES string of the molecule is CCNc1ncnc(NCc2cnccc2C)c1OC. The van der Waals surface area contributed by atoms with E-state index >= 15 is 0 Å². The van der Waals surface area contributed by atoms with Crippen LogP contribution in [-0.4, -0.2) is 28.6 Å². The third kappa shape index (κ3) is 3.14. The van der Waals surface area contributed by atoms with Crippen molar-refractivity contribution in [2.24, 2.45) is 0 Å². The van der Waals surface area contributed by atoms with Crippen molar-refractivity contribution in [2.45, 2.75) is 20.4 Å². The Kier molecular flexibility index (Phi) is 4.70. The van der Waals surface area contributed by atoms with Crippen molar-refractivity contribution in [3.8, 4) is 5.75 Å². The second-order valence-electron chi connectivity index (χ2n) is 4.29. The van der Waals surface area contributed by atoms with Crippen LogP contribution in [0.15, 0.2) is 24.8 Å². The van der Waals surface area contributed by atoms with Gasteiger partial charge in [-0.15, -0.1) is 0 Å². The zero-order valence-corrected chi connectivity index (χ0v) is 12.0. The van der Waals surface area contributed by atoms with Crippen LogP contribution in [0.1, 0.15) is 18.1 Å². The number of rotatable bonds is 6. The van der Waals surface area contributed by atoms with Crippen LogP contribution >= 0.6 is 0 Å². The Morgan fingerprint density at radius 2 is 1.95 bits per heavy atom. The molecule has 0 radical (unpaired) electrons. The summed E-state index contributed by atoms with van der Waals surface area (Å²) in [6.07, 6.45) is 5.15. The first kappa shape index (κ1) is 14.0. The van der Waals surface area contributed by atoms with Crippen molar-refractivity contribution in [2.75, 3.05) is 24.3 Å². The molecule has 20 heavy (non-hydrogen) atoms. The number of hydrogen-bond donors (Lipinski definition) is 2. The van der Waals surface area contributed by atoms with Gasteiger partial charge in [-0.1, -0.05) is 0 Å². The van der Waals surface area contributed by atoms with Gasteiger partial charge in [-0.05, 0) is 31.0 Å². The van der Waals surface area contributed by atoms with E-state index in [4.69, 9.17) is 4.74 Å². The molecule has 2 heterocycles. The minimum Gasteiger partial charge on any atom is -0.490 e. The highest BCUT2D eigenvalue weighted by molar-refractivity contribution is 5.63. The van der Waals surface area contributed by atoms with Gasteiger partial charge >= 0.3 is 0 Å². The van der Waals surface area contributed by atoms with Crippen molar-refractivity contribution < 1.29 is 4.74 Å². The minimum absolute atomic E-state index is 0.621. The first-order valence-electron chi connectivity index (χ1n) is 6.52. The predicted octanol–water partition coefficient (Wildman–Crippen LogP) is 2.23. The second kappa shape index (κ2) is 6.70. The molecule has 0 aliphatic carbocycles. The van der Waals surface area contributed by atoms with E-state index in [1.807, 2.05) is 19.2 Å². The Bertz CT molecular complexity index is 573. The Balaban J connectivity index is 2.17. The molecule has 0 bridgehead atoms. The van der Waals surface area contributed by atoms with Crippen LogP contribution < -0.4 is 15.4 Å². The molecule has 6 heteroatoms. The van der Waals surface area contributed by atoms with Crippen LogP contribution in [-0.2, 0) is 6.54 Å². The van der Waals surface area contributed by atoms with E-state index in [2.05, 4.69) is 32.5 Å². The third-order valence-electron chi connectivity index (χ3n) is 2.95. The number of pyridine rings is 1. The van der Waals surface area contributed by atoms with Gasteiger partial charge in [0.25, 0.3) is 0 Å². The van der Waals surface area contributed by atoms with Crippen molar-refractivity contribution >= 4 is 11.6 Å². The number of aromatic nitrogens is 3. The fourth-order valence-electron chi connectivity index (χ4n) is 1.85. The zero-order chi connectivity index (χ0) is 14.4. The highest BCUT2D eigenvalue weighted by Gasteiger charge is 2.11. The average Bonchev–Trinajstić information content (AvgIpc) is 2.47. The molecule has 0 amide bonds. The first-order valence-corrected chi connectivity index (χ1v) is 6.52. The first-order chi connectivity index (χ1) is 9.76. The molecule has 0 fully saturated rings. The lowest BCUT2D eigenvalue weighted by Crippen LogP contribution is -2.08. The number of nitrogens with zero attached hydrogens (tertiary/aromatic N) is 3. The number of anilines is 2. The van der Waals surface area contributed by atoms with E-state index in [0.717, 1.165) is 12.1 Å². The lowest BCUT2D eigenvalue weighted by molar-refractivity contribution is 0.414. The Morgan fingerprint density at radius 3 is 2.60 bits per heavy atom. The second-order valence-corrected chi connectivity index (χ2v) is 4.29. The maximum atomic E-state index is 5.38. The standard InChI is InChI=1S/C14H19N5O/c1-4-16-13-12(20-3)14(19-9-18-13)17-8-11-7-15-6-5-10(11)2/h5-7,9H,4,8H2,1-3H3,(H2,16,17,18,19). The molecule has 0 atom stereocenters. The van der Waals surface area contributed by atoms with Gasteiger partial charge < -0.3 is 15.4 Å². The van der Waals surface area contributed by atoms with Crippen LogP contribution in [0, 0.1) is 6.92 Å². The molecule has 0 spiro atoms. The predicted molar refractivity (Wildman–Crippen MR) is 79.0 cm³/mol. The van der Waals surface area contributed by atoms with Gasteiger partial charge in [-0.3, -0.25) is 4.98 Å². The third-order valence-corrected chi connectivity index (χ3v) is 2.95. The van der Waals surface area contributed by atoms with E-state index < -0.39 is 0 Å². The van der Waals surface area contributed by atoms with Gasteiger partial charge in [-0.2, -0.15) is 0 Å². The van der Waals surface area contributed by atoms with E-state index in [1.54, 1.807) is 13.3 Å². The van der Waals surface area contributed by atoms with Crippen molar-refractivity contribution in [1.29, 1.82) is 0 Å². The van der Waals surface area contributed by atoms with Gasteiger partial charge in [0.2, 0.25) is 5.75 Å². The largest absolute Gasteiger partial charge is 0.490 e. The van der Waals surface area contributed by atoms with Gasteiger partial charge in [0.05, 0.1) is 7.11 Å². The number of aryl methyl sites for hydroxylation is 1. The van der Waals surface area contributed by atoms with Gasteiger partial charge in [-0.25, -0.2) is 9.97 Å². The van der Waals surface area contributed by atoms with Gasteiger partial charge in [0.15, 0.2) is 11.6 Å². The summed E-state index contributed by atoms with van der Waals surface area (Å²) in [7, 11) is 1.61. The highest BCUT2D eigenvalue weighted by atomic mass is 16.5. The molecule has 0 unspecified atom stereocenters. The number of nitrogens with one attached hydrogen (secondary N) is 2. The zero-order valence-electron chi connectivity index (χ0n) is 12.0. The molecule has 0 aliphatic heterocycles. The highest BCUT2D eigenvalue weighted by Crippen LogP contribution is 2.29.